The maximum atomic E-state index is 11.2. The molecule has 19 heavy (non-hydrogen) atoms. The van der Waals surface area contributed by atoms with Crippen LogP contribution in [0, 0.1) is 5.92 Å². The van der Waals surface area contributed by atoms with Crippen molar-refractivity contribution in [1.82, 2.24) is 15.1 Å². The molecule has 1 fully saturated rings. The highest BCUT2D eigenvalue weighted by Crippen LogP contribution is 2.33. The van der Waals surface area contributed by atoms with Gasteiger partial charge in [-0.3, -0.25) is 14.8 Å². The standard InChI is InChI=1S/C13H20ClN3O2/c1-3-9-11(14)10(17(4-2)16-9)7-15-12(13(18)19)8-5-6-8/h8,12,15H,3-7H2,1-2H3,(H,18,19). The number of carbonyl (C=O) groups is 1. The molecule has 1 heterocycles. The Kier molecular flexibility index (Phi) is 4.47. The number of hydrogen-bond acceptors (Lipinski definition) is 3. The summed E-state index contributed by atoms with van der Waals surface area (Å²) in [6.45, 7) is 5.20. The number of aryl methyl sites for hydroxylation is 2. The number of hydrogen-bond donors (Lipinski definition) is 2. The van der Waals surface area contributed by atoms with E-state index in [-0.39, 0.29) is 5.92 Å². The number of nitrogens with one attached hydrogen (secondary N) is 1. The van der Waals surface area contributed by atoms with Gasteiger partial charge >= 0.3 is 5.97 Å². The molecule has 1 aliphatic carbocycles. The van der Waals surface area contributed by atoms with Crippen molar-refractivity contribution < 1.29 is 9.90 Å². The average molecular weight is 286 g/mol. The first-order chi connectivity index (χ1) is 9.08. The molecule has 1 aromatic rings. The molecule has 0 bridgehead atoms. The zero-order valence-corrected chi connectivity index (χ0v) is 12.1. The molecule has 0 aliphatic heterocycles. The predicted molar refractivity (Wildman–Crippen MR) is 73.3 cm³/mol. The Morgan fingerprint density at radius 2 is 2.26 bits per heavy atom. The minimum absolute atomic E-state index is 0.264. The molecule has 1 unspecified atom stereocenters. The van der Waals surface area contributed by atoms with Crippen molar-refractivity contribution in [2.45, 2.75) is 52.2 Å². The van der Waals surface area contributed by atoms with Gasteiger partial charge in [-0.25, -0.2) is 0 Å². The Labute approximate surface area is 117 Å². The second kappa shape index (κ2) is 5.92. The molecule has 0 amide bonds. The van der Waals surface area contributed by atoms with E-state index in [9.17, 15) is 9.90 Å². The fraction of sp³-hybridized carbons (Fsp3) is 0.692. The van der Waals surface area contributed by atoms with Crippen LogP contribution in [0.1, 0.15) is 38.1 Å². The SMILES string of the molecule is CCc1nn(CC)c(CNC(C(=O)O)C2CC2)c1Cl. The van der Waals surface area contributed by atoms with E-state index in [1.807, 2.05) is 18.5 Å². The third-order valence-corrected chi connectivity index (χ3v) is 3.98. The summed E-state index contributed by atoms with van der Waals surface area (Å²) < 4.78 is 1.85. The van der Waals surface area contributed by atoms with Gasteiger partial charge in [0.1, 0.15) is 6.04 Å². The van der Waals surface area contributed by atoms with E-state index in [1.165, 1.54) is 0 Å². The van der Waals surface area contributed by atoms with Gasteiger partial charge in [0.15, 0.2) is 0 Å². The zero-order chi connectivity index (χ0) is 14.0. The van der Waals surface area contributed by atoms with E-state index in [0.29, 0.717) is 11.6 Å². The molecule has 0 saturated heterocycles. The van der Waals surface area contributed by atoms with Crippen molar-refractivity contribution >= 4 is 17.6 Å². The topological polar surface area (TPSA) is 67.2 Å². The normalized spacial score (nSPS) is 16.6. The number of carboxylic acids is 1. The van der Waals surface area contributed by atoms with Crippen molar-refractivity contribution in [1.29, 1.82) is 0 Å². The molecule has 2 rings (SSSR count). The molecule has 6 heteroatoms. The van der Waals surface area contributed by atoms with Crippen LogP contribution in [0.5, 0.6) is 0 Å². The molecule has 1 atom stereocenters. The molecule has 0 radical (unpaired) electrons. The summed E-state index contributed by atoms with van der Waals surface area (Å²) in [6.07, 6.45) is 2.76. The molecule has 5 nitrogen and oxygen atoms in total. The highest BCUT2D eigenvalue weighted by atomic mass is 35.5. The largest absolute Gasteiger partial charge is 0.480 e. The van der Waals surface area contributed by atoms with Gasteiger partial charge in [-0.1, -0.05) is 18.5 Å². The van der Waals surface area contributed by atoms with E-state index >= 15 is 0 Å². The van der Waals surface area contributed by atoms with E-state index < -0.39 is 12.0 Å². The fourth-order valence-corrected chi connectivity index (χ4v) is 2.61. The van der Waals surface area contributed by atoms with Crippen molar-refractivity contribution in [2.24, 2.45) is 5.92 Å². The maximum absolute atomic E-state index is 11.2. The highest BCUT2D eigenvalue weighted by Gasteiger charge is 2.36. The minimum Gasteiger partial charge on any atom is -0.480 e. The van der Waals surface area contributed by atoms with Crippen LogP contribution >= 0.6 is 11.6 Å². The van der Waals surface area contributed by atoms with Crippen LogP contribution < -0.4 is 5.32 Å². The van der Waals surface area contributed by atoms with Crippen molar-refractivity contribution in [2.75, 3.05) is 0 Å². The molecule has 0 aromatic carbocycles. The Bertz CT molecular complexity index is 469. The van der Waals surface area contributed by atoms with Gasteiger partial charge in [0.05, 0.1) is 16.4 Å². The Balaban J connectivity index is 2.09. The lowest BCUT2D eigenvalue weighted by atomic mass is 10.2. The molecular weight excluding hydrogens is 266 g/mol. The number of aliphatic carboxylic acids is 1. The van der Waals surface area contributed by atoms with E-state index in [4.69, 9.17) is 11.6 Å². The zero-order valence-electron chi connectivity index (χ0n) is 11.3. The summed E-state index contributed by atoms with van der Waals surface area (Å²) in [5.74, 6) is -0.517. The number of nitrogens with zero attached hydrogens (tertiary/aromatic N) is 2. The van der Waals surface area contributed by atoms with Crippen LogP contribution in [-0.4, -0.2) is 26.9 Å². The van der Waals surface area contributed by atoms with Crippen LogP contribution in [0.2, 0.25) is 5.02 Å². The first-order valence-electron chi connectivity index (χ1n) is 6.78. The van der Waals surface area contributed by atoms with E-state index in [2.05, 4.69) is 10.4 Å². The third-order valence-electron chi connectivity index (χ3n) is 3.54. The molecule has 1 saturated carbocycles. The number of aromatic nitrogens is 2. The Hall–Kier alpha value is -1.07. The minimum atomic E-state index is -0.781. The van der Waals surface area contributed by atoms with Gasteiger partial charge in [-0.15, -0.1) is 0 Å². The summed E-state index contributed by atoms with van der Waals surface area (Å²) in [7, 11) is 0. The second-order valence-corrected chi connectivity index (χ2v) is 5.29. The van der Waals surface area contributed by atoms with Crippen LogP contribution in [0.3, 0.4) is 0 Å². The van der Waals surface area contributed by atoms with Gasteiger partial charge in [0, 0.05) is 13.1 Å². The smallest absolute Gasteiger partial charge is 0.320 e. The summed E-state index contributed by atoms with van der Waals surface area (Å²) in [5.41, 5.74) is 1.76. The van der Waals surface area contributed by atoms with Gasteiger partial charge in [-0.05, 0) is 32.1 Å². The van der Waals surface area contributed by atoms with Crippen molar-refractivity contribution in [3.05, 3.63) is 16.4 Å². The predicted octanol–water partition coefficient (Wildman–Crippen LogP) is 2.07. The number of halogens is 1. The second-order valence-electron chi connectivity index (χ2n) is 4.91. The maximum Gasteiger partial charge on any atom is 0.320 e. The summed E-state index contributed by atoms with van der Waals surface area (Å²) in [6, 6.07) is -0.471. The lowest BCUT2D eigenvalue weighted by molar-refractivity contribution is -0.140. The molecule has 1 aliphatic rings. The summed E-state index contributed by atoms with van der Waals surface area (Å²) in [5, 5.41) is 17.4. The first kappa shape index (κ1) is 14.3. The molecular formula is C13H20ClN3O2. The molecule has 1 aromatic heterocycles. The molecule has 0 spiro atoms. The fourth-order valence-electron chi connectivity index (χ4n) is 2.28. The van der Waals surface area contributed by atoms with Gasteiger partial charge in [0.2, 0.25) is 0 Å². The van der Waals surface area contributed by atoms with Crippen molar-refractivity contribution in [3.63, 3.8) is 0 Å². The Morgan fingerprint density at radius 3 is 2.74 bits per heavy atom. The lowest BCUT2D eigenvalue weighted by Crippen LogP contribution is -2.38. The van der Waals surface area contributed by atoms with Gasteiger partial charge in [0.25, 0.3) is 0 Å². The van der Waals surface area contributed by atoms with E-state index in [1.54, 1.807) is 0 Å². The highest BCUT2D eigenvalue weighted by molar-refractivity contribution is 6.31. The number of carboxylic acid groups (broad SMARTS) is 1. The summed E-state index contributed by atoms with van der Waals surface area (Å²) >= 11 is 6.30. The Morgan fingerprint density at radius 1 is 1.58 bits per heavy atom. The molecule has 2 N–H and O–H groups in total. The van der Waals surface area contributed by atoms with E-state index in [0.717, 1.165) is 37.2 Å². The third kappa shape index (κ3) is 3.09. The first-order valence-corrected chi connectivity index (χ1v) is 7.16. The van der Waals surface area contributed by atoms with Crippen LogP contribution in [-0.2, 0) is 24.3 Å². The monoisotopic (exact) mass is 285 g/mol. The quantitative estimate of drug-likeness (QED) is 0.805. The average Bonchev–Trinajstić information content (AvgIpc) is 3.16. The van der Waals surface area contributed by atoms with Crippen LogP contribution in [0.15, 0.2) is 0 Å². The van der Waals surface area contributed by atoms with Gasteiger partial charge in [-0.2, -0.15) is 5.10 Å². The van der Waals surface area contributed by atoms with Crippen molar-refractivity contribution in [3.8, 4) is 0 Å². The van der Waals surface area contributed by atoms with Gasteiger partial charge < -0.3 is 5.11 Å². The lowest BCUT2D eigenvalue weighted by Gasteiger charge is -2.14. The number of rotatable bonds is 7. The molecule has 106 valence electrons. The summed E-state index contributed by atoms with van der Waals surface area (Å²) in [4.78, 5) is 11.2. The van der Waals surface area contributed by atoms with Crippen LogP contribution in [0.25, 0.3) is 0 Å². The van der Waals surface area contributed by atoms with Crippen LogP contribution in [0.4, 0.5) is 0 Å².